The van der Waals surface area contributed by atoms with E-state index in [9.17, 15) is 23.8 Å². The van der Waals surface area contributed by atoms with E-state index in [2.05, 4.69) is 15.6 Å². The molecule has 0 radical (unpaired) electrons. The number of rotatable bonds is 10. The molecule has 0 spiro atoms. The molecule has 0 atom stereocenters. The lowest BCUT2D eigenvalue weighted by Crippen LogP contribution is -2.35. The van der Waals surface area contributed by atoms with E-state index < -0.39 is 28.7 Å². The van der Waals surface area contributed by atoms with Crippen LogP contribution in [0.3, 0.4) is 0 Å². The first kappa shape index (κ1) is 27.3. The molecule has 9 heteroatoms. The summed E-state index contributed by atoms with van der Waals surface area (Å²) < 4.78 is 28.6. The number of amides is 1. The SMILES string of the molecule is CCCC(F)(F)c1cccc(C(=O)NC2=C/C(=C/NCCC(C)(C)O)C(=N)C=C2C(C)(C)O)n1. The van der Waals surface area contributed by atoms with Crippen LogP contribution in [0, 0.1) is 5.41 Å². The van der Waals surface area contributed by atoms with Crippen LogP contribution in [0.5, 0.6) is 0 Å². The summed E-state index contributed by atoms with van der Waals surface area (Å²) in [5, 5.41) is 34.4. The predicted molar refractivity (Wildman–Crippen MR) is 128 cm³/mol. The summed E-state index contributed by atoms with van der Waals surface area (Å²) in [6, 6.07) is 3.89. The van der Waals surface area contributed by atoms with Gasteiger partial charge in [0.2, 0.25) is 0 Å². The van der Waals surface area contributed by atoms with Crippen LogP contribution < -0.4 is 10.6 Å². The van der Waals surface area contributed by atoms with Crippen LogP contribution in [0.1, 0.15) is 70.1 Å². The Hall–Kier alpha value is -2.91. The maximum absolute atomic E-state index is 14.3. The van der Waals surface area contributed by atoms with E-state index in [4.69, 9.17) is 5.41 Å². The molecule has 0 aliphatic heterocycles. The van der Waals surface area contributed by atoms with E-state index in [1.165, 1.54) is 44.2 Å². The number of allylic oxidation sites excluding steroid dienone is 3. The van der Waals surface area contributed by atoms with Gasteiger partial charge in [0, 0.05) is 36.0 Å². The lowest BCUT2D eigenvalue weighted by atomic mass is 9.87. The van der Waals surface area contributed by atoms with Crippen molar-refractivity contribution in [2.75, 3.05) is 6.54 Å². The number of carbonyl (C=O) groups excluding carboxylic acids is 1. The fourth-order valence-corrected chi connectivity index (χ4v) is 3.30. The highest BCUT2D eigenvalue weighted by Crippen LogP contribution is 2.32. The second-order valence-electron chi connectivity index (χ2n) is 9.52. The Morgan fingerprint density at radius 1 is 1.15 bits per heavy atom. The van der Waals surface area contributed by atoms with Crippen molar-refractivity contribution in [1.82, 2.24) is 15.6 Å². The number of aliphatic hydroxyl groups is 2. The second kappa shape index (κ2) is 10.6. The Kier molecular flexibility index (Phi) is 8.50. The minimum Gasteiger partial charge on any atom is -0.390 e. The first-order valence-corrected chi connectivity index (χ1v) is 11.2. The number of alkyl halides is 2. The van der Waals surface area contributed by atoms with Gasteiger partial charge >= 0.3 is 0 Å². The van der Waals surface area contributed by atoms with Gasteiger partial charge < -0.3 is 26.3 Å². The van der Waals surface area contributed by atoms with Gasteiger partial charge in [-0.2, -0.15) is 8.78 Å². The topological polar surface area (TPSA) is 118 Å². The second-order valence-corrected chi connectivity index (χ2v) is 9.52. The molecule has 1 aromatic heterocycles. The van der Waals surface area contributed by atoms with E-state index in [-0.39, 0.29) is 29.9 Å². The van der Waals surface area contributed by atoms with Gasteiger partial charge in [0.15, 0.2) is 0 Å². The maximum Gasteiger partial charge on any atom is 0.289 e. The zero-order valence-corrected chi connectivity index (χ0v) is 20.3. The molecular formula is C25H34F2N4O3. The van der Waals surface area contributed by atoms with Crippen LogP contribution in [-0.4, -0.2) is 44.6 Å². The highest BCUT2D eigenvalue weighted by Gasteiger charge is 2.33. The highest BCUT2D eigenvalue weighted by molar-refractivity contribution is 6.11. The fourth-order valence-electron chi connectivity index (χ4n) is 3.30. The first-order chi connectivity index (χ1) is 15.6. The van der Waals surface area contributed by atoms with Gasteiger partial charge in [-0.25, -0.2) is 4.98 Å². The fraction of sp³-hybridized carbons (Fsp3) is 0.480. The zero-order chi connectivity index (χ0) is 25.7. The number of hydrogen-bond donors (Lipinski definition) is 5. The molecule has 1 heterocycles. The normalized spacial score (nSPS) is 16.3. The van der Waals surface area contributed by atoms with Crippen molar-refractivity contribution in [1.29, 1.82) is 5.41 Å². The van der Waals surface area contributed by atoms with Crippen molar-refractivity contribution in [3.8, 4) is 0 Å². The minimum atomic E-state index is -3.15. The Bertz CT molecular complexity index is 1020. The summed E-state index contributed by atoms with van der Waals surface area (Å²) in [7, 11) is 0. The molecular weight excluding hydrogens is 442 g/mol. The van der Waals surface area contributed by atoms with Gasteiger partial charge in [0.1, 0.15) is 11.4 Å². The standard InChI is InChI=1S/C25H34F2N4O3/c1-6-10-25(26,27)21-9-7-8-19(30-21)22(32)31-20-13-16(15-29-12-11-23(2,3)33)18(28)14-17(20)24(4,5)34/h7-9,13-15,28-29,33-34H,6,10-12H2,1-5H3,(H,31,32)/b16-15-,28-18?. The molecule has 186 valence electrons. The van der Waals surface area contributed by atoms with E-state index in [1.54, 1.807) is 27.0 Å². The summed E-state index contributed by atoms with van der Waals surface area (Å²) in [6.07, 6.45) is 4.93. The van der Waals surface area contributed by atoms with Crippen molar-refractivity contribution < 1.29 is 23.8 Å². The quantitative estimate of drug-likeness (QED) is 0.328. The third-order valence-corrected chi connectivity index (χ3v) is 5.16. The summed E-state index contributed by atoms with van der Waals surface area (Å²) >= 11 is 0. The third kappa shape index (κ3) is 7.56. The Labute approximate surface area is 199 Å². The Morgan fingerprint density at radius 2 is 1.82 bits per heavy atom. The van der Waals surface area contributed by atoms with Crippen molar-refractivity contribution in [3.63, 3.8) is 0 Å². The predicted octanol–water partition coefficient (Wildman–Crippen LogP) is 3.95. The van der Waals surface area contributed by atoms with Crippen molar-refractivity contribution >= 4 is 11.6 Å². The van der Waals surface area contributed by atoms with E-state index in [1.807, 2.05) is 0 Å². The molecule has 0 fully saturated rings. The van der Waals surface area contributed by atoms with Crippen LogP contribution in [0.15, 0.2) is 53.4 Å². The largest absolute Gasteiger partial charge is 0.390 e. The monoisotopic (exact) mass is 476 g/mol. The Balaban J connectivity index is 2.31. The third-order valence-electron chi connectivity index (χ3n) is 5.16. The molecule has 0 saturated carbocycles. The van der Waals surface area contributed by atoms with Crippen molar-refractivity contribution in [2.45, 2.75) is 71.0 Å². The number of nitrogens with zero attached hydrogens (tertiary/aromatic N) is 1. The molecule has 2 rings (SSSR count). The minimum absolute atomic E-state index is 0.116. The van der Waals surface area contributed by atoms with Crippen molar-refractivity contribution in [2.24, 2.45) is 0 Å². The van der Waals surface area contributed by atoms with Gasteiger partial charge in [-0.1, -0.05) is 19.4 Å². The van der Waals surface area contributed by atoms with E-state index in [0.29, 0.717) is 24.1 Å². The summed E-state index contributed by atoms with van der Waals surface area (Å²) in [5.41, 5.74) is -1.79. The average molecular weight is 477 g/mol. The number of nitrogens with one attached hydrogen (secondary N) is 3. The molecule has 1 aliphatic rings. The van der Waals surface area contributed by atoms with Gasteiger partial charge in [-0.15, -0.1) is 0 Å². The molecule has 0 aromatic carbocycles. The van der Waals surface area contributed by atoms with Gasteiger partial charge in [0.25, 0.3) is 11.8 Å². The molecule has 7 nitrogen and oxygen atoms in total. The number of hydrogen-bond acceptors (Lipinski definition) is 6. The molecule has 0 unspecified atom stereocenters. The van der Waals surface area contributed by atoms with Crippen molar-refractivity contribution in [3.05, 3.63) is 64.8 Å². The molecule has 5 N–H and O–H groups in total. The Morgan fingerprint density at radius 3 is 2.41 bits per heavy atom. The number of carbonyl (C=O) groups is 1. The van der Waals surface area contributed by atoms with Gasteiger partial charge in [0.05, 0.1) is 16.9 Å². The molecule has 0 saturated heterocycles. The van der Waals surface area contributed by atoms with Crippen LogP contribution in [0.4, 0.5) is 8.78 Å². The molecule has 1 aliphatic carbocycles. The smallest absolute Gasteiger partial charge is 0.289 e. The zero-order valence-electron chi connectivity index (χ0n) is 20.3. The number of pyridine rings is 1. The lowest BCUT2D eigenvalue weighted by Gasteiger charge is -2.28. The van der Waals surface area contributed by atoms with Crippen LogP contribution >= 0.6 is 0 Å². The number of aromatic nitrogens is 1. The molecule has 1 aromatic rings. The molecule has 34 heavy (non-hydrogen) atoms. The van der Waals surface area contributed by atoms with Gasteiger partial charge in [-0.3, -0.25) is 4.79 Å². The summed E-state index contributed by atoms with van der Waals surface area (Å²) in [4.78, 5) is 16.8. The maximum atomic E-state index is 14.3. The van der Waals surface area contributed by atoms with E-state index in [0.717, 1.165) is 0 Å². The van der Waals surface area contributed by atoms with Gasteiger partial charge in [-0.05, 0) is 58.4 Å². The van der Waals surface area contributed by atoms with Crippen LogP contribution in [0.25, 0.3) is 0 Å². The molecule has 1 amide bonds. The van der Waals surface area contributed by atoms with Crippen LogP contribution in [-0.2, 0) is 5.92 Å². The van der Waals surface area contributed by atoms with E-state index >= 15 is 0 Å². The average Bonchev–Trinajstić information content (AvgIpc) is 2.71. The lowest BCUT2D eigenvalue weighted by molar-refractivity contribution is -0.0185. The summed E-state index contributed by atoms with van der Waals surface area (Å²) in [6.45, 7) is 8.53. The van der Waals surface area contributed by atoms with Crippen LogP contribution in [0.2, 0.25) is 0 Å². The highest BCUT2D eigenvalue weighted by atomic mass is 19.3. The first-order valence-electron chi connectivity index (χ1n) is 11.2. The number of halogens is 2. The molecule has 0 bridgehead atoms. The summed E-state index contributed by atoms with van der Waals surface area (Å²) in [5.74, 6) is -3.86.